The predicted molar refractivity (Wildman–Crippen MR) is 121 cm³/mol. The van der Waals surface area contributed by atoms with Gasteiger partial charge in [0.15, 0.2) is 5.65 Å². The molecule has 1 fully saturated rings. The number of rotatable bonds is 4. The van der Waals surface area contributed by atoms with Gasteiger partial charge in [0, 0.05) is 36.9 Å². The smallest absolute Gasteiger partial charge is 0.277 e. The largest absolute Gasteiger partial charge is 0.338 e. The molecular formula is C23H29N5O2S. The second-order valence-electron chi connectivity index (χ2n) is 8.71. The second kappa shape index (κ2) is 8.24. The number of likely N-dealkylation sites (tertiary alicyclic amines) is 1. The van der Waals surface area contributed by atoms with Crippen molar-refractivity contribution in [1.29, 1.82) is 0 Å². The Morgan fingerprint density at radius 3 is 2.94 bits per heavy atom. The quantitative estimate of drug-likeness (QED) is 0.676. The number of thiophene rings is 1. The molecule has 3 aromatic rings. The maximum absolute atomic E-state index is 13.2. The number of H-pyrrole nitrogens is 1. The summed E-state index contributed by atoms with van der Waals surface area (Å²) in [7, 11) is 0. The van der Waals surface area contributed by atoms with Crippen LogP contribution in [0.25, 0.3) is 5.65 Å². The maximum Gasteiger partial charge on any atom is 0.277 e. The number of carbonyl (C=O) groups is 1. The van der Waals surface area contributed by atoms with Crippen LogP contribution in [0.1, 0.15) is 66.0 Å². The van der Waals surface area contributed by atoms with Crippen molar-refractivity contribution in [2.24, 2.45) is 0 Å². The fraction of sp³-hybridized carbons (Fsp3) is 0.522. The minimum absolute atomic E-state index is 0.0735. The molecular weight excluding hydrogens is 410 g/mol. The van der Waals surface area contributed by atoms with E-state index in [4.69, 9.17) is 4.98 Å². The average Bonchev–Trinajstić information content (AvgIpc) is 3.39. The van der Waals surface area contributed by atoms with Gasteiger partial charge < -0.3 is 4.90 Å². The van der Waals surface area contributed by atoms with Crippen molar-refractivity contribution in [3.05, 3.63) is 55.3 Å². The third-order valence-electron chi connectivity index (χ3n) is 6.58. The Hall–Kier alpha value is -2.45. The highest BCUT2D eigenvalue weighted by Gasteiger charge is 2.28. The number of fused-ring (bicyclic) bond motifs is 2. The van der Waals surface area contributed by atoms with Crippen LogP contribution in [-0.2, 0) is 24.3 Å². The van der Waals surface area contributed by atoms with E-state index in [2.05, 4.69) is 28.4 Å². The molecule has 31 heavy (non-hydrogen) atoms. The van der Waals surface area contributed by atoms with Crippen molar-refractivity contribution in [1.82, 2.24) is 24.4 Å². The van der Waals surface area contributed by atoms with Crippen molar-refractivity contribution < 1.29 is 4.79 Å². The number of nitrogens with one attached hydrogen (secondary N) is 1. The van der Waals surface area contributed by atoms with Crippen LogP contribution in [0.3, 0.4) is 0 Å². The van der Waals surface area contributed by atoms with Gasteiger partial charge in [-0.1, -0.05) is 13.3 Å². The number of amides is 1. The van der Waals surface area contributed by atoms with Crippen LogP contribution in [0.5, 0.6) is 0 Å². The Kier molecular flexibility index (Phi) is 5.44. The number of nitrogens with zero attached hydrogens (tertiary/aromatic N) is 4. The first-order valence-corrected chi connectivity index (χ1v) is 12.1. The van der Waals surface area contributed by atoms with Gasteiger partial charge in [0.25, 0.3) is 5.56 Å². The molecule has 0 aromatic carbocycles. The van der Waals surface area contributed by atoms with Crippen molar-refractivity contribution in [3.63, 3.8) is 0 Å². The fourth-order valence-corrected chi connectivity index (χ4v) is 5.65. The lowest BCUT2D eigenvalue weighted by Gasteiger charge is -2.34. The van der Waals surface area contributed by atoms with Crippen LogP contribution in [0.15, 0.2) is 22.3 Å². The van der Waals surface area contributed by atoms with Crippen molar-refractivity contribution in [2.45, 2.75) is 65.1 Å². The van der Waals surface area contributed by atoms with E-state index in [1.165, 1.54) is 23.3 Å². The zero-order valence-corrected chi connectivity index (χ0v) is 19.0. The lowest BCUT2D eigenvalue weighted by Crippen LogP contribution is -2.40. The lowest BCUT2D eigenvalue weighted by atomic mass is 9.99. The Labute approximate surface area is 185 Å². The van der Waals surface area contributed by atoms with Crippen molar-refractivity contribution >= 4 is 22.9 Å². The van der Waals surface area contributed by atoms with Crippen molar-refractivity contribution in [3.8, 4) is 0 Å². The fourth-order valence-electron chi connectivity index (χ4n) is 4.95. The van der Waals surface area contributed by atoms with E-state index in [1.807, 2.05) is 13.0 Å². The van der Waals surface area contributed by atoms with Gasteiger partial charge in [-0.15, -0.1) is 11.3 Å². The molecule has 0 spiro atoms. The molecule has 0 radical (unpaired) electrons. The standard InChI is InChI=1S/C23H29N5O2S/c1-3-22(29)27-9-7-18-17(13-27)23(30)28-21(24-18)11-19(25-28)20-6-4-5-8-26(20)12-16-10-15(2)31-14-16/h10-11,14,20,25H,3-9,12-13H2,1-2H3/t20-/m1/s1. The summed E-state index contributed by atoms with van der Waals surface area (Å²) in [5.41, 5.74) is 4.51. The third-order valence-corrected chi connectivity index (χ3v) is 7.49. The molecule has 1 amide bonds. The molecule has 2 aliphatic heterocycles. The van der Waals surface area contributed by atoms with Crippen LogP contribution in [-0.4, -0.2) is 43.4 Å². The van der Waals surface area contributed by atoms with Gasteiger partial charge in [-0.05, 0) is 43.3 Å². The molecule has 1 saturated heterocycles. The van der Waals surface area contributed by atoms with Crippen LogP contribution in [0.4, 0.5) is 0 Å². The van der Waals surface area contributed by atoms with Crippen LogP contribution in [0.2, 0.25) is 0 Å². The summed E-state index contributed by atoms with van der Waals surface area (Å²) in [6.07, 6.45) is 4.56. The number of hydrogen-bond donors (Lipinski definition) is 1. The summed E-state index contributed by atoms with van der Waals surface area (Å²) in [6, 6.07) is 4.57. The number of aromatic nitrogens is 3. The molecule has 0 saturated carbocycles. The monoisotopic (exact) mass is 439 g/mol. The van der Waals surface area contributed by atoms with Gasteiger partial charge in [-0.25, -0.2) is 9.50 Å². The average molecular weight is 440 g/mol. The molecule has 8 heteroatoms. The summed E-state index contributed by atoms with van der Waals surface area (Å²) in [6.45, 7) is 6.98. The zero-order chi connectivity index (χ0) is 21.5. The molecule has 1 N–H and O–H groups in total. The molecule has 7 nitrogen and oxygen atoms in total. The van der Waals surface area contributed by atoms with E-state index in [0.29, 0.717) is 37.1 Å². The van der Waals surface area contributed by atoms with E-state index in [-0.39, 0.29) is 17.5 Å². The van der Waals surface area contributed by atoms with Gasteiger partial charge in [0.1, 0.15) is 0 Å². The van der Waals surface area contributed by atoms with E-state index in [9.17, 15) is 9.59 Å². The number of hydrogen-bond acceptors (Lipinski definition) is 5. The Morgan fingerprint density at radius 1 is 1.29 bits per heavy atom. The maximum atomic E-state index is 13.2. The van der Waals surface area contributed by atoms with E-state index in [1.54, 1.807) is 20.8 Å². The first kappa shape index (κ1) is 20.5. The molecule has 164 valence electrons. The van der Waals surface area contributed by atoms with Gasteiger partial charge in [-0.3, -0.25) is 19.6 Å². The lowest BCUT2D eigenvalue weighted by molar-refractivity contribution is -0.131. The van der Waals surface area contributed by atoms with Gasteiger partial charge in [-0.2, -0.15) is 0 Å². The Bertz CT molecular complexity index is 1180. The molecule has 5 rings (SSSR count). The summed E-state index contributed by atoms with van der Waals surface area (Å²) in [5, 5.41) is 5.61. The SMILES string of the molecule is CCC(=O)N1CCc2nc3cc([C@H]4CCCCN4Cc4csc(C)c4)[nH]n3c(=O)c2C1. The van der Waals surface area contributed by atoms with E-state index < -0.39 is 0 Å². The highest BCUT2D eigenvalue weighted by Crippen LogP contribution is 2.32. The highest BCUT2D eigenvalue weighted by molar-refractivity contribution is 7.10. The van der Waals surface area contributed by atoms with Crippen LogP contribution >= 0.6 is 11.3 Å². The summed E-state index contributed by atoms with van der Waals surface area (Å²) < 4.78 is 1.58. The van der Waals surface area contributed by atoms with E-state index in [0.717, 1.165) is 30.9 Å². The van der Waals surface area contributed by atoms with Crippen molar-refractivity contribution in [2.75, 3.05) is 13.1 Å². The molecule has 0 unspecified atom stereocenters. The predicted octanol–water partition coefficient (Wildman–Crippen LogP) is 3.41. The minimum Gasteiger partial charge on any atom is -0.338 e. The Morgan fingerprint density at radius 2 is 2.16 bits per heavy atom. The molecule has 5 heterocycles. The summed E-state index contributed by atoms with van der Waals surface area (Å²) in [5.74, 6) is 0.0869. The second-order valence-corrected chi connectivity index (χ2v) is 9.83. The normalized spacial score (nSPS) is 19.7. The zero-order valence-electron chi connectivity index (χ0n) is 18.2. The van der Waals surface area contributed by atoms with Gasteiger partial charge in [0.05, 0.1) is 29.5 Å². The number of aryl methyl sites for hydroxylation is 1. The van der Waals surface area contributed by atoms with Crippen LogP contribution in [0, 0.1) is 6.92 Å². The minimum atomic E-state index is -0.0735. The highest BCUT2D eigenvalue weighted by atomic mass is 32.1. The summed E-state index contributed by atoms with van der Waals surface area (Å²) in [4.78, 5) is 35.8. The molecule has 3 aromatic heterocycles. The topological polar surface area (TPSA) is 73.7 Å². The Balaban J connectivity index is 1.47. The molecule has 0 aliphatic carbocycles. The van der Waals surface area contributed by atoms with Gasteiger partial charge in [0.2, 0.25) is 5.91 Å². The summed E-state index contributed by atoms with van der Waals surface area (Å²) >= 11 is 1.80. The number of piperidine rings is 1. The first-order chi connectivity index (χ1) is 15.0. The number of aromatic amines is 1. The van der Waals surface area contributed by atoms with Gasteiger partial charge >= 0.3 is 0 Å². The molecule has 0 bridgehead atoms. The third kappa shape index (κ3) is 3.83. The van der Waals surface area contributed by atoms with Crippen LogP contribution < -0.4 is 5.56 Å². The van der Waals surface area contributed by atoms with E-state index >= 15 is 0 Å². The molecule has 1 atom stereocenters. The molecule has 2 aliphatic rings. The number of carbonyl (C=O) groups excluding carboxylic acids is 1. The first-order valence-electron chi connectivity index (χ1n) is 11.2.